The second-order valence-corrected chi connectivity index (χ2v) is 6.82. The zero-order valence-electron chi connectivity index (χ0n) is 11.3. The number of hydrogen-bond acceptors (Lipinski definition) is 4. The average Bonchev–Trinajstić information content (AvgIpc) is 2.40. The van der Waals surface area contributed by atoms with Gasteiger partial charge < -0.3 is 10.5 Å². The first-order chi connectivity index (χ1) is 9.92. The molecule has 21 heavy (non-hydrogen) atoms. The van der Waals surface area contributed by atoms with Crippen molar-refractivity contribution in [2.75, 3.05) is 17.1 Å². The fourth-order valence-electron chi connectivity index (χ4n) is 1.77. The minimum atomic E-state index is -3.78. The van der Waals surface area contributed by atoms with Crippen molar-refractivity contribution in [3.63, 3.8) is 0 Å². The summed E-state index contributed by atoms with van der Waals surface area (Å²) in [7, 11) is -3.78. The van der Waals surface area contributed by atoms with Crippen LogP contribution in [0.1, 0.15) is 6.92 Å². The van der Waals surface area contributed by atoms with Crippen LogP contribution in [0, 0.1) is 0 Å². The highest BCUT2D eigenvalue weighted by Crippen LogP contribution is 2.28. The SMILES string of the molecule is CCOc1ccc(N)cc1S(=O)(=O)Nc1cccc(Br)c1. The van der Waals surface area contributed by atoms with E-state index in [2.05, 4.69) is 20.7 Å². The molecule has 3 N–H and O–H groups in total. The highest BCUT2D eigenvalue weighted by Gasteiger charge is 2.20. The third-order valence-electron chi connectivity index (χ3n) is 2.63. The van der Waals surface area contributed by atoms with E-state index in [9.17, 15) is 8.42 Å². The smallest absolute Gasteiger partial charge is 0.265 e. The maximum atomic E-state index is 12.5. The normalized spacial score (nSPS) is 11.1. The number of hydrogen-bond donors (Lipinski definition) is 2. The van der Waals surface area contributed by atoms with Gasteiger partial charge in [-0.15, -0.1) is 0 Å². The highest BCUT2D eigenvalue weighted by atomic mass is 79.9. The minimum absolute atomic E-state index is 0.0179. The number of rotatable bonds is 5. The fourth-order valence-corrected chi connectivity index (χ4v) is 3.40. The molecule has 0 aliphatic heterocycles. The Kier molecular flexibility index (Phi) is 4.74. The summed E-state index contributed by atoms with van der Waals surface area (Å²) in [5.41, 5.74) is 6.49. The number of nitrogens with two attached hydrogens (primary N) is 1. The van der Waals surface area contributed by atoms with Crippen molar-refractivity contribution in [2.45, 2.75) is 11.8 Å². The molecular weight excluding hydrogens is 356 g/mol. The van der Waals surface area contributed by atoms with Gasteiger partial charge >= 0.3 is 0 Å². The van der Waals surface area contributed by atoms with Gasteiger partial charge in [-0.05, 0) is 43.3 Å². The molecule has 2 aromatic carbocycles. The number of benzene rings is 2. The van der Waals surface area contributed by atoms with E-state index in [0.29, 0.717) is 18.0 Å². The van der Waals surface area contributed by atoms with E-state index in [1.807, 2.05) is 6.07 Å². The quantitative estimate of drug-likeness (QED) is 0.791. The molecule has 0 saturated carbocycles. The molecule has 0 saturated heterocycles. The van der Waals surface area contributed by atoms with Crippen molar-refractivity contribution in [3.8, 4) is 5.75 Å². The Hall–Kier alpha value is -1.73. The number of nitrogen functional groups attached to an aromatic ring is 1. The topological polar surface area (TPSA) is 81.4 Å². The molecular formula is C14H15BrN2O3S. The Labute approximate surface area is 132 Å². The van der Waals surface area contributed by atoms with Gasteiger partial charge in [0.1, 0.15) is 10.6 Å². The van der Waals surface area contributed by atoms with Crippen LogP contribution in [0.4, 0.5) is 11.4 Å². The van der Waals surface area contributed by atoms with Gasteiger partial charge in [-0.2, -0.15) is 0 Å². The van der Waals surface area contributed by atoms with E-state index in [4.69, 9.17) is 10.5 Å². The third-order valence-corrected chi connectivity index (χ3v) is 4.53. The molecule has 2 aromatic rings. The van der Waals surface area contributed by atoms with Crippen molar-refractivity contribution in [1.29, 1.82) is 0 Å². The van der Waals surface area contributed by atoms with E-state index in [0.717, 1.165) is 4.47 Å². The lowest BCUT2D eigenvalue weighted by Crippen LogP contribution is -2.15. The molecule has 0 spiro atoms. The lowest BCUT2D eigenvalue weighted by atomic mass is 10.3. The number of anilines is 2. The van der Waals surface area contributed by atoms with Crippen molar-refractivity contribution in [3.05, 3.63) is 46.9 Å². The summed E-state index contributed by atoms with van der Waals surface area (Å²) in [5.74, 6) is 0.272. The molecule has 0 radical (unpaired) electrons. The Morgan fingerprint density at radius 1 is 1.24 bits per heavy atom. The molecule has 0 aromatic heterocycles. The van der Waals surface area contributed by atoms with Crippen LogP contribution in [0.3, 0.4) is 0 Å². The molecule has 0 fully saturated rings. The van der Waals surface area contributed by atoms with Crippen LogP contribution in [0.2, 0.25) is 0 Å². The number of nitrogens with one attached hydrogen (secondary N) is 1. The Balaban J connectivity index is 2.41. The maximum Gasteiger partial charge on any atom is 0.265 e. The predicted octanol–water partition coefficient (Wildman–Crippen LogP) is 3.23. The molecule has 0 unspecified atom stereocenters. The highest BCUT2D eigenvalue weighted by molar-refractivity contribution is 9.10. The van der Waals surface area contributed by atoms with Crippen LogP contribution in [-0.4, -0.2) is 15.0 Å². The Morgan fingerprint density at radius 2 is 2.00 bits per heavy atom. The molecule has 5 nitrogen and oxygen atoms in total. The first kappa shape index (κ1) is 15.7. The molecule has 2 rings (SSSR count). The number of sulfonamides is 1. The minimum Gasteiger partial charge on any atom is -0.492 e. The van der Waals surface area contributed by atoms with Crippen LogP contribution in [0.15, 0.2) is 51.8 Å². The number of ether oxygens (including phenoxy) is 1. The van der Waals surface area contributed by atoms with Crippen LogP contribution >= 0.6 is 15.9 Å². The molecule has 0 aliphatic rings. The molecule has 112 valence electrons. The second-order valence-electron chi connectivity index (χ2n) is 4.26. The standard InChI is InChI=1S/C14H15BrN2O3S/c1-2-20-13-7-6-11(16)9-14(13)21(18,19)17-12-5-3-4-10(15)8-12/h3-9,17H,2,16H2,1H3. The summed E-state index contributed by atoms with van der Waals surface area (Å²) >= 11 is 3.30. The van der Waals surface area contributed by atoms with Gasteiger partial charge in [0.05, 0.1) is 6.61 Å². The van der Waals surface area contributed by atoms with Gasteiger partial charge in [-0.3, -0.25) is 4.72 Å². The first-order valence-electron chi connectivity index (χ1n) is 6.23. The third kappa shape index (κ3) is 3.89. The summed E-state index contributed by atoms with van der Waals surface area (Å²) in [5, 5.41) is 0. The number of halogens is 1. The van der Waals surface area contributed by atoms with Gasteiger partial charge in [0.25, 0.3) is 10.0 Å². The maximum absolute atomic E-state index is 12.5. The van der Waals surface area contributed by atoms with Crippen LogP contribution in [-0.2, 0) is 10.0 Å². The molecule has 7 heteroatoms. The fraction of sp³-hybridized carbons (Fsp3) is 0.143. The van der Waals surface area contributed by atoms with Gasteiger partial charge in [0.2, 0.25) is 0 Å². The van der Waals surface area contributed by atoms with Crippen LogP contribution in [0.5, 0.6) is 5.75 Å². The van der Waals surface area contributed by atoms with Gasteiger partial charge in [-0.1, -0.05) is 22.0 Å². The van der Waals surface area contributed by atoms with Crippen molar-refractivity contribution in [1.82, 2.24) is 0 Å². The monoisotopic (exact) mass is 370 g/mol. The zero-order valence-corrected chi connectivity index (χ0v) is 13.7. The Bertz CT molecular complexity index is 748. The molecule has 0 heterocycles. The van der Waals surface area contributed by atoms with Crippen molar-refractivity contribution < 1.29 is 13.2 Å². The lowest BCUT2D eigenvalue weighted by Gasteiger charge is -2.13. The molecule has 0 aliphatic carbocycles. The predicted molar refractivity (Wildman–Crippen MR) is 87.0 cm³/mol. The lowest BCUT2D eigenvalue weighted by molar-refractivity contribution is 0.331. The van der Waals surface area contributed by atoms with Gasteiger partial charge in [0.15, 0.2) is 0 Å². The van der Waals surface area contributed by atoms with Crippen LogP contribution in [0.25, 0.3) is 0 Å². The zero-order chi connectivity index (χ0) is 15.5. The van der Waals surface area contributed by atoms with E-state index in [1.165, 1.54) is 6.07 Å². The van der Waals surface area contributed by atoms with Crippen molar-refractivity contribution in [2.24, 2.45) is 0 Å². The van der Waals surface area contributed by atoms with E-state index in [-0.39, 0.29) is 10.6 Å². The van der Waals surface area contributed by atoms with Gasteiger partial charge in [0, 0.05) is 15.8 Å². The Morgan fingerprint density at radius 3 is 2.67 bits per heavy atom. The van der Waals surface area contributed by atoms with E-state index in [1.54, 1.807) is 37.3 Å². The van der Waals surface area contributed by atoms with E-state index >= 15 is 0 Å². The molecule has 0 atom stereocenters. The van der Waals surface area contributed by atoms with Crippen molar-refractivity contribution >= 4 is 37.3 Å². The second kappa shape index (κ2) is 6.36. The summed E-state index contributed by atoms with van der Waals surface area (Å²) in [6.07, 6.45) is 0. The largest absolute Gasteiger partial charge is 0.492 e. The first-order valence-corrected chi connectivity index (χ1v) is 8.50. The summed E-state index contributed by atoms with van der Waals surface area (Å²) in [6.45, 7) is 2.15. The van der Waals surface area contributed by atoms with Gasteiger partial charge in [-0.25, -0.2) is 8.42 Å². The molecule has 0 amide bonds. The molecule has 0 bridgehead atoms. The van der Waals surface area contributed by atoms with E-state index < -0.39 is 10.0 Å². The van der Waals surface area contributed by atoms with Crippen LogP contribution < -0.4 is 15.2 Å². The summed E-state index contributed by atoms with van der Waals surface area (Å²) in [6, 6.07) is 11.4. The summed E-state index contributed by atoms with van der Waals surface area (Å²) < 4.78 is 33.6. The summed E-state index contributed by atoms with van der Waals surface area (Å²) in [4.78, 5) is 0.0179. The average molecular weight is 371 g/mol.